The highest BCUT2D eigenvalue weighted by molar-refractivity contribution is 6.33. The SMILES string of the molecule is COc1cc(F)cc([C@@H](CO)NC(=O)[C@@H](C)N2Cc3ccc(-c4cc(Nc5cnn(C)n5)ncc4Cl)cc3C2=O)c1. The first kappa shape index (κ1) is 28.0. The van der Waals surface area contributed by atoms with E-state index in [1.165, 1.54) is 41.2 Å². The number of benzene rings is 2. The zero-order chi connectivity index (χ0) is 29.3. The fourth-order valence-electron chi connectivity index (χ4n) is 4.64. The monoisotopic (exact) mass is 579 g/mol. The van der Waals surface area contributed by atoms with Crippen LogP contribution in [0.3, 0.4) is 0 Å². The highest BCUT2D eigenvalue weighted by Gasteiger charge is 2.35. The standard InChI is InChI=1S/C28H27ClFN7O4/c1-15(27(39)33-24(14-38)18-6-19(30)9-20(7-18)41-3)37-13-17-5-4-16(8-22(17)28(37)40)21-10-25(31-11-23(21)29)34-26-12-32-36(2)35-26/h4-12,15,24,38H,13-14H2,1-3H3,(H,33,39)(H,31,34,35)/t15-,24-/m1/s1. The van der Waals surface area contributed by atoms with E-state index in [9.17, 15) is 19.1 Å². The molecule has 5 rings (SSSR count). The molecule has 0 aliphatic carbocycles. The zero-order valence-electron chi connectivity index (χ0n) is 22.4. The van der Waals surface area contributed by atoms with Crippen LogP contribution in [0.4, 0.5) is 16.0 Å². The second-order valence-corrected chi connectivity index (χ2v) is 9.95. The molecular weight excluding hydrogens is 553 g/mol. The summed E-state index contributed by atoms with van der Waals surface area (Å²) >= 11 is 6.46. The summed E-state index contributed by atoms with van der Waals surface area (Å²) in [5.41, 5.74) is 2.91. The van der Waals surface area contributed by atoms with Crippen molar-refractivity contribution in [3.63, 3.8) is 0 Å². The number of nitrogens with zero attached hydrogens (tertiary/aromatic N) is 5. The van der Waals surface area contributed by atoms with Gasteiger partial charge in [0, 0.05) is 37.0 Å². The van der Waals surface area contributed by atoms with Gasteiger partial charge in [-0.15, -0.1) is 5.10 Å². The quantitative estimate of drug-likeness (QED) is 0.274. The molecule has 0 bridgehead atoms. The fraction of sp³-hybridized carbons (Fsp3) is 0.250. The molecule has 0 radical (unpaired) electrons. The molecule has 212 valence electrons. The van der Waals surface area contributed by atoms with E-state index in [1.807, 2.05) is 12.1 Å². The Bertz CT molecular complexity index is 1630. The summed E-state index contributed by atoms with van der Waals surface area (Å²) < 4.78 is 19.1. The van der Waals surface area contributed by atoms with Gasteiger partial charge in [0.1, 0.15) is 23.4 Å². The molecule has 3 N–H and O–H groups in total. The molecule has 4 aromatic rings. The minimum Gasteiger partial charge on any atom is -0.497 e. The average Bonchev–Trinajstić information content (AvgIpc) is 3.53. The number of halogens is 2. The van der Waals surface area contributed by atoms with E-state index in [2.05, 4.69) is 25.8 Å². The Balaban J connectivity index is 1.33. The second kappa shape index (κ2) is 11.5. The first-order valence-corrected chi connectivity index (χ1v) is 13.0. The van der Waals surface area contributed by atoms with Gasteiger partial charge in [-0.1, -0.05) is 23.7 Å². The summed E-state index contributed by atoms with van der Waals surface area (Å²) in [6.45, 7) is 1.36. The molecule has 41 heavy (non-hydrogen) atoms. The van der Waals surface area contributed by atoms with Crippen molar-refractivity contribution < 1.29 is 23.8 Å². The van der Waals surface area contributed by atoms with Gasteiger partial charge in [0.25, 0.3) is 5.91 Å². The number of carbonyl (C=O) groups excluding carboxylic acids is 2. The number of aromatic nitrogens is 4. The van der Waals surface area contributed by atoms with Crippen molar-refractivity contribution >= 4 is 35.1 Å². The minimum atomic E-state index is -0.889. The van der Waals surface area contributed by atoms with Crippen molar-refractivity contribution in [3.05, 3.63) is 82.4 Å². The predicted molar refractivity (Wildman–Crippen MR) is 149 cm³/mol. The fourth-order valence-corrected chi connectivity index (χ4v) is 4.85. The third-order valence-corrected chi connectivity index (χ3v) is 7.14. The van der Waals surface area contributed by atoms with Crippen LogP contribution in [0.2, 0.25) is 5.02 Å². The number of nitrogens with one attached hydrogen (secondary N) is 2. The molecule has 0 fully saturated rings. The van der Waals surface area contributed by atoms with E-state index in [1.54, 1.807) is 32.3 Å². The maximum absolute atomic E-state index is 14.0. The molecule has 2 atom stereocenters. The molecule has 1 aliphatic rings. The lowest BCUT2D eigenvalue weighted by molar-refractivity contribution is -0.126. The van der Waals surface area contributed by atoms with Gasteiger partial charge < -0.3 is 25.4 Å². The van der Waals surface area contributed by atoms with Gasteiger partial charge in [0.2, 0.25) is 5.91 Å². The molecule has 2 aromatic carbocycles. The van der Waals surface area contributed by atoms with E-state index in [0.717, 1.165) is 5.56 Å². The lowest BCUT2D eigenvalue weighted by atomic mass is 10.0. The normalized spacial score (nSPS) is 14.0. The predicted octanol–water partition coefficient (Wildman–Crippen LogP) is 3.62. The van der Waals surface area contributed by atoms with Crippen molar-refractivity contribution in [2.75, 3.05) is 19.0 Å². The van der Waals surface area contributed by atoms with Crippen molar-refractivity contribution in [1.29, 1.82) is 0 Å². The molecule has 0 saturated carbocycles. The largest absolute Gasteiger partial charge is 0.497 e. The Morgan fingerprint density at radius 3 is 2.68 bits per heavy atom. The van der Waals surface area contributed by atoms with Crippen LogP contribution in [0, 0.1) is 5.82 Å². The summed E-state index contributed by atoms with van der Waals surface area (Å²) in [5.74, 6) is -0.107. The number of amides is 2. The number of methoxy groups -OCH3 is 1. The number of pyridine rings is 1. The average molecular weight is 580 g/mol. The summed E-state index contributed by atoms with van der Waals surface area (Å²) in [4.78, 5) is 33.7. The number of aliphatic hydroxyl groups excluding tert-OH is 1. The second-order valence-electron chi connectivity index (χ2n) is 9.54. The van der Waals surface area contributed by atoms with Crippen LogP contribution in [0.15, 0.2) is 54.9 Å². The Labute approximate surface area is 239 Å². The number of fused-ring (bicyclic) bond motifs is 1. The number of ether oxygens (including phenoxy) is 1. The third-order valence-electron chi connectivity index (χ3n) is 6.84. The number of rotatable bonds is 9. The molecule has 0 saturated heterocycles. The molecule has 2 aromatic heterocycles. The van der Waals surface area contributed by atoms with Gasteiger partial charge in [-0.3, -0.25) is 9.59 Å². The van der Waals surface area contributed by atoms with E-state index in [4.69, 9.17) is 16.3 Å². The Morgan fingerprint density at radius 1 is 1.17 bits per heavy atom. The summed E-state index contributed by atoms with van der Waals surface area (Å²) in [7, 11) is 3.10. The van der Waals surface area contributed by atoms with E-state index < -0.39 is 30.4 Å². The van der Waals surface area contributed by atoms with Gasteiger partial charge >= 0.3 is 0 Å². The number of hydrogen-bond acceptors (Lipinski definition) is 8. The highest BCUT2D eigenvalue weighted by Crippen LogP contribution is 2.34. The topological polar surface area (TPSA) is 134 Å². The molecule has 0 spiro atoms. The summed E-state index contributed by atoms with van der Waals surface area (Å²) in [6, 6.07) is 9.37. The minimum absolute atomic E-state index is 0.226. The van der Waals surface area contributed by atoms with Crippen LogP contribution in [-0.4, -0.2) is 61.6 Å². The van der Waals surface area contributed by atoms with Crippen LogP contribution in [0.25, 0.3) is 11.1 Å². The first-order valence-electron chi connectivity index (χ1n) is 12.7. The van der Waals surface area contributed by atoms with Gasteiger partial charge in [0.15, 0.2) is 5.82 Å². The summed E-state index contributed by atoms with van der Waals surface area (Å²) in [5, 5.41) is 24.3. The van der Waals surface area contributed by atoms with Crippen LogP contribution in [0.1, 0.15) is 34.5 Å². The van der Waals surface area contributed by atoms with E-state index in [0.29, 0.717) is 38.9 Å². The number of aryl methyl sites for hydroxylation is 1. The smallest absolute Gasteiger partial charge is 0.255 e. The molecule has 13 heteroatoms. The van der Waals surface area contributed by atoms with E-state index in [-0.39, 0.29) is 18.2 Å². The lowest BCUT2D eigenvalue weighted by Crippen LogP contribution is -2.46. The first-order chi connectivity index (χ1) is 19.7. The van der Waals surface area contributed by atoms with Crippen molar-refractivity contribution in [2.24, 2.45) is 7.05 Å². The summed E-state index contributed by atoms with van der Waals surface area (Å²) in [6.07, 6.45) is 3.07. The van der Waals surface area contributed by atoms with Crippen molar-refractivity contribution in [1.82, 2.24) is 30.2 Å². The lowest BCUT2D eigenvalue weighted by Gasteiger charge is -2.26. The molecule has 3 heterocycles. The van der Waals surface area contributed by atoms with E-state index >= 15 is 0 Å². The molecule has 0 unspecified atom stereocenters. The Morgan fingerprint density at radius 2 is 1.98 bits per heavy atom. The maximum Gasteiger partial charge on any atom is 0.255 e. The Hall–Kier alpha value is -4.55. The molecule has 1 aliphatic heterocycles. The molecule has 11 nitrogen and oxygen atoms in total. The van der Waals surface area contributed by atoms with Gasteiger partial charge in [0.05, 0.1) is 31.0 Å². The highest BCUT2D eigenvalue weighted by atomic mass is 35.5. The van der Waals surface area contributed by atoms with Gasteiger partial charge in [-0.2, -0.15) is 9.90 Å². The van der Waals surface area contributed by atoms with Crippen LogP contribution in [0.5, 0.6) is 5.75 Å². The third kappa shape index (κ3) is 5.83. The zero-order valence-corrected chi connectivity index (χ0v) is 23.2. The number of anilines is 2. The van der Waals surface area contributed by atoms with Gasteiger partial charge in [-0.25, -0.2) is 9.37 Å². The van der Waals surface area contributed by atoms with Crippen LogP contribution < -0.4 is 15.4 Å². The Kier molecular flexibility index (Phi) is 7.86. The van der Waals surface area contributed by atoms with Crippen LogP contribution >= 0.6 is 11.6 Å². The number of carbonyl (C=O) groups is 2. The molecule has 2 amide bonds. The number of hydrogen-bond donors (Lipinski definition) is 3. The van der Waals surface area contributed by atoms with Crippen molar-refractivity contribution in [3.8, 4) is 16.9 Å². The number of aliphatic hydroxyl groups is 1. The molecular formula is C28H27ClFN7O4. The van der Waals surface area contributed by atoms with Crippen LogP contribution in [-0.2, 0) is 18.4 Å². The van der Waals surface area contributed by atoms with Gasteiger partial charge in [-0.05, 0) is 47.9 Å². The van der Waals surface area contributed by atoms with Crippen molar-refractivity contribution in [2.45, 2.75) is 25.6 Å². The maximum atomic E-state index is 14.0.